The van der Waals surface area contributed by atoms with Gasteiger partial charge in [0.1, 0.15) is 0 Å². The van der Waals surface area contributed by atoms with E-state index in [0.29, 0.717) is 16.3 Å². The second kappa shape index (κ2) is 5.63. The molecule has 98 valence electrons. The normalized spacial score (nSPS) is 10.3. The van der Waals surface area contributed by atoms with E-state index in [1.807, 2.05) is 0 Å². The highest BCUT2D eigenvalue weighted by Crippen LogP contribution is 2.22. The van der Waals surface area contributed by atoms with Crippen LogP contribution in [0.25, 0.3) is 0 Å². The summed E-state index contributed by atoms with van der Waals surface area (Å²) in [7, 11) is 1.71. The summed E-state index contributed by atoms with van der Waals surface area (Å²) >= 11 is 9.27. The fraction of sp³-hybridized carbons (Fsp3) is 0.0714. The fourth-order valence-corrected chi connectivity index (χ4v) is 2.55. The van der Waals surface area contributed by atoms with E-state index in [-0.39, 0.29) is 5.91 Å². The van der Waals surface area contributed by atoms with Crippen molar-refractivity contribution in [3.63, 3.8) is 0 Å². The quantitative estimate of drug-likeness (QED) is 0.842. The molecule has 1 amide bonds. The van der Waals surface area contributed by atoms with Crippen molar-refractivity contribution in [2.75, 3.05) is 17.7 Å². The fourth-order valence-electron chi connectivity index (χ4n) is 1.69. The minimum Gasteiger partial charge on any atom is -0.399 e. The van der Waals surface area contributed by atoms with Gasteiger partial charge in [-0.1, -0.05) is 27.5 Å². The number of anilines is 2. The highest BCUT2D eigenvalue weighted by molar-refractivity contribution is 9.10. The van der Waals surface area contributed by atoms with E-state index in [1.165, 1.54) is 0 Å². The van der Waals surface area contributed by atoms with E-state index in [9.17, 15) is 4.79 Å². The summed E-state index contributed by atoms with van der Waals surface area (Å²) in [6, 6.07) is 12.2. The molecule has 0 aromatic heterocycles. The van der Waals surface area contributed by atoms with Crippen LogP contribution >= 0.6 is 27.5 Å². The van der Waals surface area contributed by atoms with Gasteiger partial charge in [0.05, 0.1) is 0 Å². The van der Waals surface area contributed by atoms with Crippen molar-refractivity contribution in [3.8, 4) is 0 Å². The van der Waals surface area contributed by atoms with Gasteiger partial charge in [0.25, 0.3) is 5.91 Å². The molecule has 2 aromatic carbocycles. The van der Waals surface area contributed by atoms with Crippen LogP contribution in [0.3, 0.4) is 0 Å². The van der Waals surface area contributed by atoms with Crippen LogP contribution in [-0.4, -0.2) is 13.0 Å². The molecule has 0 heterocycles. The molecule has 0 spiro atoms. The monoisotopic (exact) mass is 338 g/mol. The third-order valence-corrected chi connectivity index (χ3v) is 3.37. The average Bonchev–Trinajstić information content (AvgIpc) is 2.37. The van der Waals surface area contributed by atoms with Crippen molar-refractivity contribution >= 4 is 44.8 Å². The Labute approximate surface area is 125 Å². The van der Waals surface area contributed by atoms with Crippen molar-refractivity contribution in [2.24, 2.45) is 0 Å². The molecule has 0 aliphatic carbocycles. The van der Waals surface area contributed by atoms with Crippen LogP contribution in [0.1, 0.15) is 10.4 Å². The number of nitrogen functional groups attached to an aromatic ring is 1. The van der Waals surface area contributed by atoms with E-state index < -0.39 is 0 Å². The third-order valence-electron chi connectivity index (χ3n) is 2.69. The van der Waals surface area contributed by atoms with Crippen molar-refractivity contribution < 1.29 is 4.79 Å². The Morgan fingerprint density at radius 3 is 2.42 bits per heavy atom. The first-order valence-corrected chi connectivity index (χ1v) is 6.74. The Balaban J connectivity index is 2.30. The van der Waals surface area contributed by atoms with Gasteiger partial charge in [-0.25, -0.2) is 0 Å². The molecular weight excluding hydrogens is 328 g/mol. The maximum atomic E-state index is 12.3. The van der Waals surface area contributed by atoms with Crippen LogP contribution in [0, 0.1) is 0 Å². The zero-order valence-electron chi connectivity index (χ0n) is 10.2. The van der Waals surface area contributed by atoms with Gasteiger partial charge in [-0.3, -0.25) is 4.79 Å². The second-order valence-electron chi connectivity index (χ2n) is 4.11. The summed E-state index contributed by atoms with van der Waals surface area (Å²) in [4.78, 5) is 13.9. The Morgan fingerprint density at radius 2 is 1.84 bits per heavy atom. The number of rotatable bonds is 2. The molecule has 0 bridgehead atoms. The largest absolute Gasteiger partial charge is 0.399 e. The first kappa shape index (κ1) is 13.9. The summed E-state index contributed by atoms with van der Waals surface area (Å²) in [5.74, 6) is -0.132. The molecule has 2 aromatic rings. The summed E-state index contributed by atoms with van der Waals surface area (Å²) in [5, 5.41) is 0.517. The molecule has 0 aliphatic heterocycles. The lowest BCUT2D eigenvalue weighted by molar-refractivity contribution is 0.0993. The van der Waals surface area contributed by atoms with Gasteiger partial charge in [-0.2, -0.15) is 0 Å². The van der Waals surface area contributed by atoms with Crippen LogP contribution in [0.2, 0.25) is 5.02 Å². The third kappa shape index (κ3) is 3.28. The number of benzene rings is 2. The van der Waals surface area contributed by atoms with Gasteiger partial charge in [0.15, 0.2) is 0 Å². The molecule has 0 unspecified atom stereocenters. The minimum atomic E-state index is -0.132. The molecule has 3 nitrogen and oxygen atoms in total. The number of hydrogen-bond acceptors (Lipinski definition) is 2. The van der Waals surface area contributed by atoms with Gasteiger partial charge in [0, 0.05) is 33.5 Å². The Kier molecular flexibility index (Phi) is 4.12. The molecule has 0 saturated carbocycles. The van der Waals surface area contributed by atoms with Gasteiger partial charge >= 0.3 is 0 Å². The first-order valence-electron chi connectivity index (χ1n) is 5.57. The summed E-state index contributed by atoms with van der Waals surface area (Å²) in [6.45, 7) is 0. The summed E-state index contributed by atoms with van der Waals surface area (Å²) < 4.78 is 0.772. The number of hydrogen-bond donors (Lipinski definition) is 1. The lowest BCUT2D eigenvalue weighted by atomic mass is 10.2. The maximum Gasteiger partial charge on any atom is 0.258 e. The number of halogens is 2. The number of nitrogens with zero attached hydrogens (tertiary/aromatic N) is 1. The van der Waals surface area contributed by atoms with E-state index in [4.69, 9.17) is 17.3 Å². The smallest absolute Gasteiger partial charge is 0.258 e. The number of carbonyl (C=O) groups excluding carboxylic acids is 1. The van der Waals surface area contributed by atoms with E-state index >= 15 is 0 Å². The Bertz CT molecular complexity index is 593. The maximum absolute atomic E-state index is 12.3. The van der Waals surface area contributed by atoms with Crippen molar-refractivity contribution in [1.29, 1.82) is 0 Å². The molecule has 0 saturated heterocycles. The van der Waals surface area contributed by atoms with Crippen LogP contribution in [0.4, 0.5) is 11.4 Å². The molecular formula is C14H12BrClN2O. The number of carbonyl (C=O) groups is 1. The molecule has 2 rings (SSSR count). The minimum absolute atomic E-state index is 0.132. The lowest BCUT2D eigenvalue weighted by Gasteiger charge is -2.18. The van der Waals surface area contributed by atoms with Crippen LogP contribution in [-0.2, 0) is 0 Å². The first-order chi connectivity index (χ1) is 8.97. The number of nitrogens with two attached hydrogens (primary N) is 1. The van der Waals surface area contributed by atoms with Crippen LogP contribution in [0.15, 0.2) is 46.9 Å². The summed E-state index contributed by atoms with van der Waals surface area (Å²) in [5.41, 5.74) is 7.59. The molecule has 5 heteroatoms. The second-order valence-corrected chi connectivity index (χ2v) is 5.47. The van der Waals surface area contributed by atoms with Crippen LogP contribution < -0.4 is 10.6 Å². The Morgan fingerprint density at radius 1 is 1.21 bits per heavy atom. The molecule has 0 atom stereocenters. The molecule has 0 fully saturated rings. The Hall–Kier alpha value is -1.52. The van der Waals surface area contributed by atoms with Crippen LogP contribution in [0.5, 0.6) is 0 Å². The van der Waals surface area contributed by atoms with Gasteiger partial charge < -0.3 is 10.6 Å². The molecule has 0 aliphatic rings. The average molecular weight is 340 g/mol. The summed E-state index contributed by atoms with van der Waals surface area (Å²) in [6.07, 6.45) is 0. The lowest BCUT2D eigenvalue weighted by Crippen LogP contribution is -2.26. The van der Waals surface area contributed by atoms with Gasteiger partial charge in [-0.15, -0.1) is 0 Å². The molecule has 19 heavy (non-hydrogen) atoms. The zero-order chi connectivity index (χ0) is 14.0. The zero-order valence-corrected chi connectivity index (χ0v) is 12.6. The standard InChI is InChI=1S/C14H12BrClN2O/c1-18(13-4-2-12(17)3-5-13)14(19)9-6-10(15)8-11(16)7-9/h2-8H,17H2,1H3. The van der Waals surface area contributed by atoms with Crippen molar-refractivity contribution in [2.45, 2.75) is 0 Å². The highest BCUT2D eigenvalue weighted by atomic mass is 79.9. The van der Waals surface area contributed by atoms with E-state index in [2.05, 4.69) is 15.9 Å². The van der Waals surface area contributed by atoms with Crippen molar-refractivity contribution in [3.05, 3.63) is 57.5 Å². The molecule has 0 radical (unpaired) electrons. The van der Waals surface area contributed by atoms with Gasteiger partial charge in [0.2, 0.25) is 0 Å². The molecule has 2 N–H and O–H groups in total. The topological polar surface area (TPSA) is 46.3 Å². The number of amides is 1. The predicted octanol–water partition coefficient (Wildman–Crippen LogP) is 3.96. The van der Waals surface area contributed by atoms with Gasteiger partial charge in [-0.05, 0) is 42.5 Å². The van der Waals surface area contributed by atoms with Crippen molar-refractivity contribution in [1.82, 2.24) is 0 Å². The highest BCUT2D eigenvalue weighted by Gasteiger charge is 2.14. The van der Waals surface area contributed by atoms with E-state index in [1.54, 1.807) is 54.4 Å². The predicted molar refractivity (Wildman–Crippen MR) is 82.7 cm³/mol. The SMILES string of the molecule is CN(C(=O)c1cc(Cl)cc(Br)c1)c1ccc(N)cc1. The van der Waals surface area contributed by atoms with E-state index in [0.717, 1.165) is 10.2 Å².